The summed E-state index contributed by atoms with van der Waals surface area (Å²) in [6.07, 6.45) is 25.6. The average molecular weight is 309 g/mol. The minimum absolute atomic E-state index is 0.884. The van der Waals surface area contributed by atoms with Gasteiger partial charge < -0.3 is 5.11 Å². The summed E-state index contributed by atoms with van der Waals surface area (Å²) in [6.45, 7) is 2.27. The molecule has 0 fully saturated rings. The number of rotatable bonds is 16. The molecule has 0 bridgehead atoms. The minimum atomic E-state index is -0.884. The molecule has 0 aromatic heterocycles. The maximum absolute atomic E-state index is 10.2. The molecule has 0 saturated heterocycles. The molecule has 0 heterocycles. The van der Waals surface area contributed by atoms with Crippen LogP contribution in [0.25, 0.3) is 0 Å². The second-order valence-electron chi connectivity index (χ2n) is 6.16. The van der Waals surface area contributed by atoms with Crippen LogP contribution < -0.4 is 0 Å². The van der Waals surface area contributed by atoms with Crippen LogP contribution in [0.1, 0.15) is 96.8 Å². The zero-order valence-electron chi connectivity index (χ0n) is 14.6. The highest BCUT2D eigenvalue weighted by molar-refractivity contribution is 5.80. The van der Waals surface area contributed by atoms with Gasteiger partial charge in [0.2, 0.25) is 0 Å². The quantitative estimate of drug-likeness (QED) is 0.196. The van der Waals surface area contributed by atoms with Gasteiger partial charge in [-0.1, -0.05) is 102 Å². The Labute approximate surface area is 137 Å². The predicted octanol–water partition coefficient (Wildman–Crippen LogP) is 6.66. The van der Waals surface area contributed by atoms with Gasteiger partial charge in [0, 0.05) is 6.08 Å². The van der Waals surface area contributed by atoms with Crippen molar-refractivity contribution >= 4 is 5.97 Å². The fraction of sp³-hybridized carbons (Fsp3) is 0.750. The Hall–Kier alpha value is -1.05. The van der Waals surface area contributed by atoms with Crippen molar-refractivity contribution in [1.29, 1.82) is 0 Å². The molecule has 0 rings (SSSR count). The normalized spacial score (nSPS) is 11.7. The highest BCUT2D eigenvalue weighted by Crippen LogP contribution is 2.12. The summed E-state index contributed by atoms with van der Waals surface area (Å²) >= 11 is 0. The molecule has 0 unspecified atom stereocenters. The van der Waals surface area contributed by atoms with Crippen LogP contribution in [0, 0.1) is 0 Å². The van der Waals surface area contributed by atoms with Crippen LogP contribution in [0.5, 0.6) is 0 Å². The molecule has 0 aliphatic rings. The van der Waals surface area contributed by atoms with Gasteiger partial charge in [-0.2, -0.15) is 0 Å². The zero-order valence-corrected chi connectivity index (χ0v) is 14.6. The molecule has 2 heteroatoms. The number of hydrogen-bond donors (Lipinski definition) is 1. The van der Waals surface area contributed by atoms with E-state index in [1.165, 1.54) is 89.5 Å². The third kappa shape index (κ3) is 18.9. The maximum Gasteiger partial charge on any atom is 0.328 e. The van der Waals surface area contributed by atoms with E-state index in [4.69, 9.17) is 5.11 Å². The lowest BCUT2D eigenvalue weighted by molar-refractivity contribution is -0.131. The lowest BCUT2D eigenvalue weighted by Crippen LogP contribution is -1.84. The number of carboxylic acid groups (broad SMARTS) is 1. The summed E-state index contributed by atoms with van der Waals surface area (Å²) in [6, 6.07) is 0. The molecule has 0 amide bonds. The number of aliphatic carboxylic acids is 1. The van der Waals surface area contributed by atoms with Gasteiger partial charge in [0.25, 0.3) is 0 Å². The maximum atomic E-state index is 10.2. The van der Waals surface area contributed by atoms with Crippen molar-refractivity contribution in [2.45, 2.75) is 96.8 Å². The molecule has 22 heavy (non-hydrogen) atoms. The second-order valence-corrected chi connectivity index (χ2v) is 6.16. The van der Waals surface area contributed by atoms with Crippen molar-refractivity contribution in [2.24, 2.45) is 0 Å². The third-order valence-corrected chi connectivity index (χ3v) is 3.96. The number of hydrogen-bond acceptors (Lipinski definition) is 1. The molecule has 0 radical (unpaired) electrons. The Morgan fingerprint density at radius 3 is 1.64 bits per heavy atom. The number of carbonyl (C=O) groups is 1. The molecular weight excluding hydrogens is 272 g/mol. The summed E-state index contributed by atoms with van der Waals surface area (Å²) in [5, 5.41) is 8.42. The van der Waals surface area contributed by atoms with E-state index < -0.39 is 5.97 Å². The summed E-state index contributed by atoms with van der Waals surface area (Å²) in [5.41, 5.74) is 0. The van der Waals surface area contributed by atoms with Crippen molar-refractivity contribution < 1.29 is 9.90 Å². The molecule has 0 aromatic rings. The Balaban J connectivity index is 3.10. The third-order valence-electron chi connectivity index (χ3n) is 3.96. The van der Waals surface area contributed by atoms with Gasteiger partial charge in [0.15, 0.2) is 0 Å². The first-order valence-corrected chi connectivity index (χ1v) is 9.33. The molecule has 0 aromatic carbocycles. The monoisotopic (exact) mass is 308 g/mol. The van der Waals surface area contributed by atoms with Crippen molar-refractivity contribution in [3.05, 3.63) is 24.3 Å². The van der Waals surface area contributed by atoms with Gasteiger partial charge in [-0.15, -0.1) is 0 Å². The van der Waals surface area contributed by atoms with Crippen LogP contribution >= 0.6 is 0 Å². The van der Waals surface area contributed by atoms with Crippen molar-refractivity contribution in [1.82, 2.24) is 0 Å². The van der Waals surface area contributed by atoms with E-state index in [0.717, 1.165) is 6.42 Å². The minimum Gasteiger partial charge on any atom is -0.478 e. The Kier molecular flexibility index (Phi) is 17.1. The fourth-order valence-electron chi connectivity index (χ4n) is 2.59. The largest absolute Gasteiger partial charge is 0.478 e. The van der Waals surface area contributed by atoms with E-state index in [0.29, 0.717) is 0 Å². The van der Waals surface area contributed by atoms with Crippen LogP contribution in [-0.4, -0.2) is 11.1 Å². The van der Waals surface area contributed by atoms with Gasteiger partial charge >= 0.3 is 5.97 Å². The lowest BCUT2D eigenvalue weighted by Gasteiger charge is -2.02. The van der Waals surface area contributed by atoms with E-state index in [1.807, 2.05) is 6.08 Å². The van der Waals surface area contributed by atoms with E-state index >= 15 is 0 Å². The van der Waals surface area contributed by atoms with Gasteiger partial charge in [0.1, 0.15) is 0 Å². The molecule has 0 spiro atoms. The van der Waals surface area contributed by atoms with E-state index in [1.54, 1.807) is 6.08 Å². The molecule has 0 aliphatic heterocycles. The van der Waals surface area contributed by atoms with Crippen LogP contribution in [0.4, 0.5) is 0 Å². The zero-order chi connectivity index (χ0) is 16.3. The first-order valence-electron chi connectivity index (χ1n) is 9.33. The van der Waals surface area contributed by atoms with Crippen molar-refractivity contribution in [3.8, 4) is 0 Å². The lowest BCUT2D eigenvalue weighted by atomic mass is 10.0. The SMILES string of the molecule is CCCCCCCCCCCCCCC/C=C/C=C\C(=O)O. The molecule has 2 nitrogen and oxygen atoms in total. The molecule has 0 atom stereocenters. The highest BCUT2D eigenvalue weighted by Gasteiger charge is 1.93. The van der Waals surface area contributed by atoms with Crippen molar-refractivity contribution in [3.63, 3.8) is 0 Å². The summed E-state index contributed by atoms with van der Waals surface area (Å²) in [4.78, 5) is 10.2. The van der Waals surface area contributed by atoms with Crippen LogP contribution in [-0.2, 0) is 4.79 Å². The Morgan fingerprint density at radius 1 is 0.727 bits per heavy atom. The first kappa shape index (κ1) is 20.9. The highest BCUT2D eigenvalue weighted by atomic mass is 16.4. The van der Waals surface area contributed by atoms with Crippen LogP contribution in [0.3, 0.4) is 0 Å². The molecule has 128 valence electrons. The van der Waals surface area contributed by atoms with E-state index in [-0.39, 0.29) is 0 Å². The van der Waals surface area contributed by atoms with Gasteiger partial charge in [-0.3, -0.25) is 0 Å². The topological polar surface area (TPSA) is 37.3 Å². The summed E-state index contributed by atoms with van der Waals surface area (Å²) in [7, 11) is 0. The molecule has 0 saturated carbocycles. The fourth-order valence-corrected chi connectivity index (χ4v) is 2.59. The van der Waals surface area contributed by atoms with E-state index in [9.17, 15) is 4.79 Å². The van der Waals surface area contributed by atoms with E-state index in [2.05, 4.69) is 13.0 Å². The van der Waals surface area contributed by atoms with Gasteiger partial charge in [-0.05, 0) is 12.8 Å². The van der Waals surface area contributed by atoms with Crippen molar-refractivity contribution in [2.75, 3.05) is 0 Å². The summed E-state index contributed by atoms with van der Waals surface area (Å²) in [5.74, 6) is -0.884. The molecule has 1 N–H and O–H groups in total. The first-order chi connectivity index (χ1) is 10.8. The number of allylic oxidation sites excluding steroid dienone is 3. The predicted molar refractivity (Wildman–Crippen MR) is 96.2 cm³/mol. The molecule has 0 aliphatic carbocycles. The number of carboxylic acids is 1. The smallest absolute Gasteiger partial charge is 0.328 e. The Morgan fingerprint density at radius 2 is 1.18 bits per heavy atom. The average Bonchev–Trinajstić information content (AvgIpc) is 2.50. The van der Waals surface area contributed by atoms with Gasteiger partial charge in [0.05, 0.1) is 0 Å². The molecular formula is C20H36O2. The standard InChI is InChI=1S/C20H36O2/c1-2-3-4-5-6-7-8-9-10-11-12-13-14-15-16-17-18-19-20(21)22/h16-19H,2-15H2,1H3,(H,21,22)/b17-16+,19-18-. The summed E-state index contributed by atoms with van der Waals surface area (Å²) < 4.78 is 0. The number of unbranched alkanes of at least 4 members (excludes halogenated alkanes) is 13. The van der Waals surface area contributed by atoms with Crippen LogP contribution in [0.15, 0.2) is 24.3 Å². The second kappa shape index (κ2) is 18.0. The Bertz CT molecular complexity index is 292. The van der Waals surface area contributed by atoms with Gasteiger partial charge in [-0.25, -0.2) is 4.79 Å². The van der Waals surface area contributed by atoms with Crippen LogP contribution in [0.2, 0.25) is 0 Å².